The quantitative estimate of drug-likeness (QED) is 0.383. The molecule has 0 fully saturated rings. The van der Waals surface area contributed by atoms with Crippen LogP contribution in [0.3, 0.4) is 0 Å². The van der Waals surface area contributed by atoms with Crippen molar-refractivity contribution in [3.8, 4) is 11.5 Å². The summed E-state index contributed by atoms with van der Waals surface area (Å²) in [5, 5.41) is 9.74. The van der Waals surface area contributed by atoms with Gasteiger partial charge in [-0.15, -0.1) is 0 Å². The molecule has 0 spiro atoms. The second-order valence-electron chi connectivity index (χ2n) is 4.91. The van der Waals surface area contributed by atoms with Gasteiger partial charge >= 0.3 is 5.63 Å². The van der Waals surface area contributed by atoms with Crippen LogP contribution in [0.2, 0.25) is 0 Å². The molecule has 6 heteroatoms. The highest BCUT2D eigenvalue weighted by Gasteiger charge is 2.22. The van der Waals surface area contributed by atoms with Crippen LogP contribution in [0.1, 0.15) is 12.5 Å². The van der Waals surface area contributed by atoms with Gasteiger partial charge in [-0.25, -0.2) is 9.68 Å². The molecule has 0 saturated heterocycles. The first kappa shape index (κ1) is 16.1. The van der Waals surface area contributed by atoms with E-state index in [9.17, 15) is 4.79 Å². The van der Waals surface area contributed by atoms with E-state index in [1.54, 1.807) is 19.1 Å². The van der Waals surface area contributed by atoms with Crippen molar-refractivity contribution in [3.63, 3.8) is 0 Å². The molecular weight excluding hydrogens is 288 g/mol. The van der Waals surface area contributed by atoms with Gasteiger partial charge in [-0.3, -0.25) is 5.26 Å². The average Bonchev–Trinajstić information content (AvgIpc) is 2.51. The van der Waals surface area contributed by atoms with Crippen molar-refractivity contribution >= 4 is 11.0 Å². The Morgan fingerprint density at radius 1 is 1.36 bits per heavy atom. The summed E-state index contributed by atoms with van der Waals surface area (Å²) in [7, 11) is 3.01. The van der Waals surface area contributed by atoms with Gasteiger partial charge < -0.3 is 13.9 Å². The third kappa shape index (κ3) is 2.98. The molecule has 1 aromatic carbocycles. The molecule has 1 heterocycles. The zero-order valence-corrected chi connectivity index (χ0v) is 12.7. The second kappa shape index (κ2) is 6.64. The number of ether oxygens (including phenoxy) is 2. The van der Waals surface area contributed by atoms with E-state index in [1.807, 2.05) is 0 Å². The SMILES string of the molecule is C=C(C)C(Cc1c(OC)c(OC)cc2ccc(=O)oc12)OO. The van der Waals surface area contributed by atoms with Crippen molar-refractivity contribution in [2.24, 2.45) is 0 Å². The van der Waals surface area contributed by atoms with Crippen molar-refractivity contribution in [1.29, 1.82) is 0 Å². The molecule has 0 aliphatic rings. The molecule has 2 rings (SSSR count). The van der Waals surface area contributed by atoms with Gasteiger partial charge in [0.25, 0.3) is 0 Å². The van der Waals surface area contributed by atoms with Gasteiger partial charge in [-0.1, -0.05) is 6.58 Å². The predicted octanol–water partition coefficient (Wildman–Crippen LogP) is 2.79. The number of hydrogen-bond acceptors (Lipinski definition) is 6. The molecule has 22 heavy (non-hydrogen) atoms. The van der Waals surface area contributed by atoms with Crippen LogP contribution in [-0.2, 0) is 11.3 Å². The number of benzene rings is 1. The molecule has 0 aliphatic heterocycles. The van der Waals surface area contributed by atoms with Crippen molar-refractivity contribution in [1.82, 2.24) is 0 Å². The Morgan fingerprint density at radius 3 is 2.64 bits per heavy atom. The third-order valence-corrected chi connectivity index (χ3v) is 3.41. The van der Waals surface area contributed by atoms with E-state index < -0.39 is 11.7 Å². The molecule has 118 valence electrons. The Hall–Kier alpha value is -2.31. The van der Waals surface area contributed by atoms with Gasteiger partial charge in [0, 0.05) is 23.4 Å². The van der Waals surface area contributed by atoms with Gasteiger partial charge in [-0.05, 0) is 24.6 Å². The van der Waals surface area contributed by atoms with Crippen LogP contribution >= 0.6 is 0 Å². The van der Waals surface area contributed by atoms with E-state index >= 15 is 0 Å². The third-order valence-electron chi connectivity index (χ3n) is 3.41. The largest absolute Gasteiger partial charge is 0.493 e. The maximum atomic E-state index is 11.5. The topological polar surface area (TPSA) is 78.1 Å². The summed E-state index contributed by atoms with van der Waals surface area (Å²) >= 11 is 0. The van der Waals surface area contributed by atoms with E-state index in [4.69, 9.17) is 19.1 Å². The maximum absolute atomic E-state index is 11.5. The summed E-state index contributed by atoms with van der Waals surface area (Å²) in [4.78, 5) is 16.0. The highest BCUT2D eigenvalue weighted by atomic mass is 17.1. The fourth-order valence-corrected chi connectivity index (χ4v) is 2.28. The lowest BCUT2D eigenvalue weighted by atomic mass is 9.99. The van der Waals surface area contributed by atoms with E-state index in [1.165, 1.54) is 20.3 Å². The first-order valence-electron chi connectivity index (χ1n) is 6.65. The number of hydrogen-bond donors (Lipinski definition) is 1. The van der Waals surface area contributed by atoms with Gasteiger partial charge in [0.2, 0.25) is 0 Å². The molecule has 1 unspecified atom stereocenters. The summed E-state index contributed by atoms with van der Waals surface area (Å²) in [6.45, 7) is 5.50. The maximum Gasteiger partial charge on any atom is 0.336 e. The molecule has 0 radical (unpaired) electrons. The average molecular weight is 306 g/mol. The molecule has 0 amide bonds. The molecule has 0 bridgehead atoms. The monoisotopic (exact) mass is 306 g/mol. The second-order valence-corrected chi connectivity index (χ2v) is 4.91. The van der Waals surface area contributed by atoms with E-state index in [2.05, 4.69) is 11.5 Å². The zero-order chi connectivity index (χ0) is 16.3. The predicted molar refractivity (Wildman–Crippen MR) is 81.6 cm³/mol. The van der Waals surface area contributed by atoms with E-state index in [-0.39, 0.29) is 6.42 Å². The summed E-state index contributed by atoms with van der Waals surface area (Å²) in [6, 6.07) is 4.69. The van der Waals surface area contributed by atoms with Gasteiger partial charge in [0.1, 0.15) is 11.7 Å². The Balaban J connectivity index is 2.73. The number of fused-ring (bicyclic) bond motifs is 1. The molecule has 6 nitrogen and oxygen atoms in total. The summed E-state index contributed by atoms with van der Waals surface area (Å²) < 4.78 is 16.0. The molecule has 0 saturated carbocycles. The van der Waals surface area contributed by atoms with Crippen LogP contribution < -0.4 is 15.1 Å². The lowest BCUT2D eigenvalue weighted by molar-refractivity contribution is -0.267. The highest BCUT2D eigenvalue weighted by Crippen LogP contribution is 2.38. The fraction of sp³-hybridized carbons (Fsp3) is 0.312. The molecule has 1 atom stereocenters. The smallest absolute Gasteiger partial charge is 0.336 e. The minimum atomic E-state index is -0.658. The van der Waals surface area contributed by atoms with Crippen molar-refractivity contribution in [3.05, 3.63) is 46.3 Å². The first-order valence-corrected chi connectivity index (χ1v) is 6.65. The van der Waals surface area contributed by atoms with Crippen LogP contribution in [0.15, 0.2) is 39.6 Å². The van der Waals surface area contributed by atoms with Gasteiger partial charge in [0.05, 0.1) is 14.2 Å². The molecule has 2 aromatic rings. The normalized spacial score (nSPS) is 12.2. The van der Waals surface area contributed by atoms with Crippen molar-refractivity contribution in [2.75, 3.05) is 14.2 Å². The van der Waals surface area contributed by atoms with E-state index in [0.717, 1.165) is 0 Å². The summed E-state index contributed by atoms with van der Waals surface area (Å²) in [5.41, 5.74) is 1.08. The van der Waals surface area contributed by atoms with Crippen LogP contribution in [0.4, 0.5) is 0 Å². The van der Waals surface area contributed by atoms with Crippen LogP contribution in [-0.4, -0.2) is 25.6 Å². The molecule has 1 N–H and O–H groups in total. The summed E-state index contributed by atoms with van der Waals surface area (Å²) in [6.07, 6.45) is -0.440. The highest BCUT2D eigenvalue weighted by molar-refractivity contribution is 5.85. The van der Waals surface area contributed by atoms with Crippen LogP contribution in [0, 0.1) is 0 Å². The van der Waals surface area contributed by atoms with Crippen LogP contribution in [0.5, 0.6) is 11.5 Å². The lowest BCUT2D eigenvalue weighted by Crippen LogP contribution is -2.16. The minimum Gasteiger partial charge on any atom is -0.493 e. The Morgan fingerprint density at radius 2 is 2.09 bits per heavy atom. The van der Waals surface area contributed by atoms with Gasteiger partial charge in [-0.2, -0.15) is 0 Å². The van der Waals surface area contributed by atoms with Crippen molar-refractivity contribution < 1.29 is 24.0 Å². The molecule has 1 aromatic heterocycles. The molecule has 0 aliphatic carbocycles. The Labute approximate surface area is 127 Å². The fourth-order valence-electron chi connectivity index (χ4n) is 2.28. The van der Waals surface area contributed by atoms with E-state index in [0.29, 0.717) is 33.6 Å². The van der Waals surface area contributed by atoms with Crippen LogP contribution in [0.25, 0.3) is 11.0 Å². The number of rotatable bonds is 6. The standard InChI is InChI=1S/C16H18O6/c1-9(2)12(22-18)8-11-15-10(5-6-14(17)21-15)7-13(19-3)16(11)20-4/h5-7,12,18H,1,8H2,2-4H3. The zero-order valence-electron chi connectivity index (χ0n) is 12.7. The Kier molecular flexibility index (Phi) is 4.85. The van der Waals surface area contributed by atoms with Crippen molar-refractivity contribution in [2.45, 2.75) is 19.4 Å². The molecular formula is C16H18O6. The summed E-state index contributed by atoms with van der Waals surface area (Å²) in [5.74, 6) is 0.921. The lowest BCUT2D eigenvalue weighted by Gasteiger charge is -2.18. The Bertz CT molecular complexity index is 746. The van der Waals surface area contributed by atoms with Gasteiger partial charge in [0.15, 0.2) is 11.5 Å². The minimum absolute atomic E-state index is 0.218. The first-order chi connectivity index (χ1) is 10.5. The number of methoxy groups -OCH3 is 2.